The Hall–Kier alpha value is -0.610. The maximum Gasteiger partial charge on any atom is 0.237 e. The third kappa shape index (κ3) is 3.48. The molecule has 2 aliphatic heterocycles. The molecule has 0 bridgehead atoms. The largest absolute Gasteiger partial charge is 0.353 e. The molecule has 2 fully saturated rings. The van der Waals surface area contributed by atoms with Crippen LogP contribution >= 0.6 is 0 Å². The van der Waals surface area contributed by atoms with E-state index in [1.54, 1.807) is 0 Å². The molecular formula is C15H29N3O. The van der Waals surface area contributed by atoms with Crippen LogP contribution in [0.25, 0.3) is 0 Å². The van der Waals surface area contributed by atoms with Crippen molar-refractivity contribution in [3.05, 3.63) is 0 Å². The SMILES string of the molecule is CCN1CCCC1CNC(=O)C1NCCCC1(C)C. The third-order valence-corrected chi connectivity index (χ3v) is 4.81. The normalized spacial score (nSPS) is 31.3. The number of carbonyl (C=O) groups is 1. The van der Waals surface area contributed by atoms with Crippen molar-refractivity contribution in [2.45, 2.75) is 58.5 Å². The number of hydrogen-bond acceptors (Lipinski definition) is 3. The Morgan fingerprint density at radius 2 is 2.21 bits per heavy atom. The average molecular weight is 267 g/mol. The minimum Gasteiger partial charge on any atom is -0.353 e. The summed E-state index contributed by atoms with van der Waals surface area (Å²) >= 11 is 0. The van der Waals surface area contributed by atoms with Crippen LogP contribution in [0.2, 0.25) is 0 Å². The second-order valence-electron chi connectivity index (χ2n) is 6.65. The number of likely N-dealkylation sites (tertiary alicyclic amines) is 1. The van der Waals surface area contributed by atoms with E-state index in [9.17, 15) is 4.79 Å². The van der Waals surface area contributed by atoms with Crippen LogP contribution in [0.1, 0.15) is 46.5 Å². The van der Waals surface area contributed by atoms with Crippen LogP contribution in [0, 0.1) is 5.41 Å². The number of likely N-dealkylation sites (N-methyl/N-ethyl adjacent to an activating group) is 1. The molecule has 4 nitrogen and oxygen atoms in total. The first-order valence-corrected chi connectivity index (χ1v) is 7.80. The van der Waals surface area contributed by atoms with E-state index in [-0.39, 0.29) is 17.4 Å². The van der Waals surface area contributed by atoms with Gasteiger partial charge in [-0.2, -0.15) is 0 Å². The lowest BCUT2D eigenvalue weighted by atomic mass is 9.77. The first-order valence-electron chi connectivity index (χ1n) is 7.80. The van der Waals surface area contributed by atoms with Gasteiger partial charge in [0.05, 0.1) is 6.04 Å². The van der Waals surface area contributed by atoms with Crippen molar-refractivity contribution in [1.82, 2.24) is 15.5 Å². The summed E-state index contributed by atoms with van der Waals surface area (Å²) in [6.45, 7) is 10.6. The van der Waals surface area contributed by atoms with Crippen molar-refractivity contribution in [3.63, 3.8) is 0 Å². The van der Waals surface area contributed by atoms with Crippen LogP contribution in [0.5, 0.6) is 0 Å². The lowest BCUT2D eigenvalue weighted by Crippen LogP contribution is -2.56. The molecule has 0 aromatic heterocycles. The molecule has 2 saturated heterocycles. The summed E-state index contributed by atoms with van der Waals surface area (Å²) in [6, 6.07) is 0.512. The van der Waals surface area contributed by atoms with Gasteiger partial charge in [-0.25, -0.2) is 0 Å². The lowest BCUT2D eigenvalue weighted by molar-refractivity contribution is -0.127. The van der Waals surface area contributed by atoms with E-state index in [0.717, 1.165) is 26.1 Å². The summed E-state index contributed by atoms with van der Waals surface area (Å²) in [5, 5.41) is 6.56. The second-order valence-corrected chi connectivity index (χ2v) is 6.65. The number of nitrogens with one attached hydrogen (secondary N) is 2. The Kier molecular flexibility index (Phi) is 4.85. The number of amides is 1. The fourth-order valence-electron chi connectivity index (χ4n) is 3.52. The monoisotopic (exact) mass is 267 g/mol. The van der Waals surface area contributed by atoms with Gasteiger partial charge < -0.3 is 10.6 Å². The van der Waals surface area contributed by atoms with Crippen LogP contribution in [0.15, 0.2) is 0 Å². The maximum atomic E-state index is 12.4. The van der Waals surface area contributed by atoms with Crippen molar-refractivity contribution in [2.24, 2.45) is 5.41 Å². The van der Waals surface area contributed by atoms with Gasteiger partial charge in [-0.3, -0.25) is 9.69 Å². The highest BCUT2D eigenvalue weighted by molar-refractivity contribution is 5.82. The van der Waals surface area contributed by atoms with Gasteiger partial charge in [-0.15, -0.1) is 0 Å². The molecule has 2 rings (SSSR count). The molecule has 0 radical (unpaired) electrons. The molecule has 0 aromatic rings. The van der Waals surface area contributed by atoms with Crippen LogP contribution in [0.4, 0.5) is 0 Å². The number of piperidine rings is 1. The predicted octanol–water partition coefficient (Wildman–Crippen LogP) is 1.37. The van der Waals surface area contributed by atoms with Crippen molar-refractivity contribution in [2.75, 3.05) is 26.2 Å². The minimum absolute atomic E-state index is 0.0299. The molecule has 4 heteroatoms. The summed E-state index contributed by atoms with van der Waals surface area (Å²) in [7, 11) is 0. The standard InChI is InChI=1S/C15H29N3O/c1-4-18-10-5-7-12(18)11-17-14(19)13-15(2,3)8-6-9-16-13/h12-13,16H,4-11H2,1-3H3,(H,17,19). The number of hydrogen-bond donors (Lipinski definition) is 2. The quantitative estimate of drug-likeness (QED) is 0.808. The molecule has 2 atom stereocenters. The molecule has 0 aromatic carbocycles. The smallest absolute Gasteiger partial charge is 0.237 e. The molecular weight excluding hydrogens is 238 g/mol. The summed E-state index contributed by atoms with van der Waals surface area (Å²) in [5.41, 5.74) is 0.0719. The summed E-state index contributed by atoms with van der Waals surface area (Å²) in [4.78, 5) is 14.8. The minimum atomic E-state index is -0.0299. The van der Waals surface area contributed by atoms with Crippen molar-refractivity contribution >= 4 is 5.91 Å². The zero-order valence-corrected chi connectivity index (χ0v) is 12.7. The number of carbonyl (C=O) groups excluding carboxylic acids is 1. The maximum absolute atomic E-state index is 12.4. The van der Waals surface area contributed by atoms with Gasteiger partial charge in [0.2, 0.25) is 5.91 Å². The molecule has 0 spiro atoms. The summed E-state index contributed by atoms with van der Waals surface area (Å²) in [5.74, 6) is 0.188. The zero-order valence-electron chi connectivity index (χ0n) is 12.7. The first-order chi connectivity index (χ1) is 9.04. The van der Waals surface area contributed by atoms with Crippen molar-refractivity contribution < 1.29 is 4.79 Å². The molecule has 1 amide bonds. The zero-order chi connectivity index (χ0) is 13.9. The number of rotatable bonds is 4. The van der Waals surface area contributed by atoms with E-state index in [1.165, 1.54) is 25.8 Å². The molecule has 0 saturated carbocycles. The van der Waals surface area contributed by atoms with Gasteiger partial charge in [0.25, 0.3) is 0 Å². The van der Waals surface area contributed by atoms with Gasteiger partial charge in [-0.1, -0.05) is 20.8 Å². The molecule has 2 heterocycles. The van der Waals surface area contributed by atoms with E-state index >= 15 is 0 Å². The van der Waals surface area contributed by atoms with E-state index < -0.39 is 0 Å². The van der Waals surface area contributed by atoms with Gasteiger partial charge in [0, 0.05) is 12.6 Å². The Balaban J connectivity index is 1.83. The fourth-order valence-corrected chi connectivity index (χ4v) is 3.52. The van der Waals surface area contributed by atoms with Crippen LogP contribution in [0.3, 0.4) is 0 Å². The topological polar surface area (TPSA) is 44.4 Å². The van der Waals surface area contributed by atoms with Crippen LogP contribution in [-0.4, -0.2) is 49.1 Å². The first kappa shape index (κ1) is 14.8. The highest BCUT2D eigenvalue weighted by atomic mass is 16.2. The van der Waals surface area contributed by atoms with E-state index in [0.29, 0.717) is 6.04 Å². The van der Waals surface area contributed by atoms with Crippen molar-refractivity contribution in [3.8, 4) is 0 Å². The molecule has 19 heavy (non-hydrogen) atoms. The predicted molar refractivity (Wildman–Crippen MR) is 78.1 cm³/mol. The highest BCUT2D eigenvalue weighted by Gasteiger charge is 2.37. The van der Waals surface area contributed by atoms with E-state index in [2.05, 4.69) is 36.3 Å². The Morgan fingerprint density at radius 3 is 2.89 bits per heavy atom. The lowest BCUT2D eigenvalue weighted by Gasteiger charge is -2.38. The van der Waals surface area contributed by atoms with Crippen molar-refractivity contribution in [1.29, 1.82) is 0 Å². The van der Waals surface area contributed by atoms with Crippen LogP contribution < -0.4 is 10.6 Å². The second kappa shape index (κ2) is 6.23. The Bertz CT molecular complexity index is 317. The van der Waals surface area contributed by atoms with E-state index in [1.807, 2.05) is 0 Å². The molecule has 2 N–H and O–H groups in total. The summed E-state index contributed by atoms with van der Waals surface area (Å²) < 4.78 is 0. The summed E-state index contributed by atoms with van der Waals surface area (Å²) in [6.07, 6.45) is 4.78. The Morgan fingerprint density at radius 1 is 1.42 bits per heavy atom. The van der Waals surface area contributed by atoms with E-state index in [4.69, 9.17) is 0 Å². The van der Waals surface area contributed by atoms with Gasteiger partial charge in [0.15, 0.2) is 0 Å². The van der Waals surface area contributed by atoms with Gasteiger partial charge in [-0.05, 0) is 50.7 Å². The highest BCUT2D eigenvalue weighted by Crippen LogP contribution is 2.30. The molecule has 2 aliphatic rings. The van der Waals surface area contributed by atoms with Gasteiger partial charge >= 0.3 is 0 Å². The number of nitrogens with zero attached hydrogens (tertiary/aromatic N) is 1. The fraction of sp³-hybridized carbons (Fsp3) is 0.933. The van der Waals surface area contributed by atoms with Gasteiger partial charge in [0.1, 0.15) is 0 Å². The van der Waals surface area contributed by atoms with Crippen LogP contribution in [-0.2, 0) is 4.79 Å². The Labute approximate surface area is 117 Å². The third-order valence-electron chi connectivity index (χ3n) is 4.81. The molecule has 110 valence electrons. The average Bonchev–Trinajstić information content (AvgIpc) is 2.82. The molecule has 0 aliphatic carbocycles. The molecule has 2 unspecified atom stereocenters.